The molecule has 180 valence electrons. The number of Topliss-reactive ketones (excluding diaryl/α,β-unsaturated/α-hetero) is 1. The van der Waals surface area contributed by atoms with Crippen molar-refractivity contribution in [3.05, 3.63) is 96.0 Å². The standard InChI is InChI=1S/C27H25NO7/c1-3-13-34-19-10-7-17(8-11-19)25(30)23-24(18-9-12-21(29)22(15-18)33-4-2)28(27(32)26(23)31)16-20-6-5-14-35-20/h3,5-12,14-15,24,29-30H,1,4,13,16H2,2H3/b25-23+. The number of aliphatic hydroxyl groups excluding tert-OH is 1. The molecule has 1 aliphatic heterocycles. The minimum Gasteiger partial charge on any atom is -0.507 e. The average Bonchev–Trinajstić information content (AvgIpc) is 3.47. The number of hydrogen-bond donors (Lipinski definition) is 2. The number of ketones is 1. The van der Waals surface area contributed by atoms with Crippen LogP contribution < -0.4 is 9.47 Å². The molecule has 0 radical (unpaired) electrons. The number of aromatic hydroxyl groups is 1. The van der Waals surface area contributed by atoms with Crippen LogP contribution in [0.2, 0.25) is 0 Å². The first kappa shape index (κ1) is 23.7. The summed E-state index contributed by atoms with van der Waals surface area (Å²) in [5, 5.41) is 21.4. The zero-order valence-corrected chi connectivity index (χ0v) is 19.1. The molecule has 0 aliphatic carbocycles. The predicted molar refractivity (Wildman–Crippen MR) is 128 cm³/mol. The number of rotatable bonds is 9. The predicted octanol–water partition coefficient (Wildman–Crippen LogP) is 4.57. The molecule has 35 heavy (non-hydrogen) atoms. The van der Waals surface area contributed by atoms with E-state index in [0.29, 0.717) is 35.9 Å². The Balaban J connectivity index is 1.82. The van der Waals surface area contributed by atoms with Gasteiger partial charge in [-0.1, -0.05) is 18.7 Å². The van der Waals surface area contributed by atoms with E-state index in [-0.39, 0.29) is 29.4 Å². The molecule has 0 spiro atoms. The highest BCUT2D eigenvalue weighted by Crippen LogP contribution is 2.42. The van der Waals surface area contributed by atoms with Crippen LogP contribution in [0, 0.1) is 0 Å². The maximum atomic E-state index is 13.2. The lowest BCUT2D eigenvalue weighted by Crippen LogP contribution is -2.29. The lowest BCUT2D eigenvalue weighted by Gasteiger charge is -2.25. The van der Waals surface area contributed by atoms with E-state index in [9.17, 15) is 19.8 Å². The van der Waals surface area contributed by atoms with Crippen molar-refractivity contribution in [3.63, 3.8) is 0 Å². The van der Waals surface area contributed by atoms with E-state index in [1.165, 1.54) is 17.2 Å². The highest BCUT2D eigenvalue weighted by molar-refractivity contribution is 6.46. The molecule has 2 N–H and O–H groups in total. The van der Waals surface area contributed by atoms with E-state index < -0.39 is 17.7 Å². The average molecular weight is 475 g/mol. The maximum absolute atomic E-state index is 13.2. The zero-order chi connectivity index (χ0) is 24.9. The molecule has 0 saturated carbocycles. The monoisotopic (exact) mass is 475 g/mol. The van der Waals surface area contributed by atoms with E-state index in [2.05, 4.69) is 6.58 Å². The summed E-state index contributed by atoms with van der Waals surface area (Å²) in [6.07, 6.45) is 3.09. The number of aliphatic hydroxyl groups is 1. The summed E-state index contributed by atoms with van der Waals surface area (Å²) < 4.78 is 16.4. The summed E-state index contributed by atoms with van der Waals surface area (Å²) in [4.78, 5) is 27.6. The third-order valence-corrected chi connectivity index (χ3v) is 5.54. The number of carbonyl (C=O) groups is 2. The Morgan fingerprint density at radius 2 is 1.91 bits per heavy atom. The van der Waals surface area contributed by atoms with Crippen LogP contribution in [0.3, 0.4) is 0 Å². The van der Waals surface area contributed by atoms with Crippen molar-refractivity contribution in [2.75, 3.05) is 13.2 Å². The number of benzene rings is 2. The fraction of sp³-hybridized carbons (Fsp3) is 0.185. The second-order valence-corrected chi connectivity index (χ2v) is 7.79. The number of furan rings is 1. The third kappa shape index (κ3) is 4.77. The fourth-order valence-electron chi connectivity index (χ4n) is 3.95. The Hall–Kier alpha value is -4.46. The highest BCUT2D eigenvalue weighted by Gasteiger charge is 2.46. The van der Waals surface area contributed by atoms with Crippen LogP contribution in [0.4, 0.5) is 0 Å². The molecule has 1 unspecified atom stereocenters. The summed E-state index contributed by atoms with van der Waals surface area (Å²) in [7, 11) is 0. The molecule has 2 aromatic carbocycles. The van der Waals surface area contributed by atoms with E-state index in [0.717, 1.165) is 0 Å². The Morgan fingerprint density at radius 1 is 1.14 bits per heavy atom. The largest absolute Gasteiger partial charge is 0.507 e. The van der Waals surface area contributed by atoms with Gasteiger partial charge in [0.15, 0.2) is 11.5 Å². The van der Waals surface area contributed by atoms with Crippen molar-refractivity contribution >= 4 is 17.4 Å². The maximum Gasteiger partial charge on any atom is 0.296 e. The van der Waals surface area contributed by atoms with Gasteiger partial charge in [-0.2, -0.15) is 0 Å². The molecular weight excluding hydrogens is 450 g/mol. The minimum absolute atomic E-state index is 0.0121. The fourth-order valence-corrected chi connectivity index (χ4v) is 3.95. The number of phenols is 1. The van der Waals surface area contributed by atoms with Gasteiger partial charge in [0.1, 0.15) is 23.9 Å². The summed E-state index contributed by atoms with van der Waals surface area (Å²) in [6.45, 7) is 6.03. The molecule has 2 heterocycles. The van der Waals surface area contributed by atoms with Gasteiger partial charge in [0.2, 0.25) is 0 Å². The lowest BCUT2D eigenvalue weighted by atomic mass is 9.95. The van der Waals surface area contributed by atoms with E-state index >= 15 is 0 Å². The van der Waals surface area contributed by atoms with Gasteiger partial charge in [-0.15, -0.1) is 0 Å². The number of phenolic OH excluding ortho intramolecular Hbond substituents is 1. The Kier molecular flexibility index (Phi) is 6.91. The molecule has 3 aromatic rings. The van der Waals surface area contributed by atoms with E-state index in [1.807, 2.05) is 0 Å². The van der Waals surface area contributed by atoms with Gasteiger partial charge in [-0.3, -0.25) is 9.59 Å². The second-order valence-electron chi connectivity index (χ2n) is 7.79. The number of likely N-dealkylation sites (tertiary alicyclic amines) is 1. The second kappa shape index (κ2) is 10.2. The van der Waals surface area contributed by atoms with Crippen LogP contribution in [0.1, 0.15) is 29.9 Å². The Labute approximate surface area is 202 Å². The smallest absolute Gasteiger partial charge is 0.296 e. The molecule has 1 aromatic heterocycles. The molecule has 4 rings (SSSR count). The molecule has 0 bridgehead atoms. The van der Waals surface area contributed by atoms with Crippen molar-refractivity contribution < 1.29 is 33.7 Å². The van der Waals surface area contributed by atoms with Gasteiger partial charge in [0, 0.05) is 5.56 Å². The first-order valence-electron chi connectivity index (χ1n) is 11.0. The molecule has 1 fully saturated rings. The molecule has 1 aliphatic rings. The first-order chi connectivity index (χ1) is 16.9. The van der Waals surface area contributed by atoms with Crippen molar-refractivity contribution in [1.29, 1.82) is 0 Å². The van der Waals surface area contributed by atoms with Gasteiger partial charge in [-0.25, -0.2) is 0 Å². The lowest BCUT2D eigenvalue weighted by molar-refractivity contribution is -0.140. The number of hydrogen-bond acceptors (Lipinski definition) is 7. The van der Waals surface area contributed by atoms with Gasteiger partial charge in [-0.05, 0) is 61.0 Å². The number of nitrogens with zero attached hydrogens (tertiary/aromatic N) is 1. The quantitative estimate of drug-likeness (QED) is 0.202. The van der Waals surface area contributed by atoms with Crippen LogP contribution in [-0.4, -0.2) is 40.0 Å². The van der Waals surface area contributed by atoms with Crippen molar-refractivity contribution in [2.24, 2.45) is 0 Å². The summed E-state index contributed by atoms with van der Waals surface area (Å²) in [5.41, 5.74) is 0.764. The topological polar surface area (TPSA) is 109 Å². The van der Waals surface area contributed by atoms with E-state index in [1.54, 1.807) is 61.5 Å². The third-order valence-electron chi connectivity index (χ3n) is 5.54. The summed E-state index contributed by atoms with van der Waals surface area (Å²) >= 11 is 0. The van der Waals surface area contributed by atoms with Crippen molar-refractivity contribution in [2.45, 2.75) is 19.5 Å². The summed E-state index contributed by atoms with van der Waals surface area (Å²) in [6, 6.07) is 13.5. The minimum atomic E-state index is -0.934. The van der Waals surface area contributed by atoms with Gasteiger partial charge in [0.05, 0.1) is 31.0 Å². The molecular formula is C27H25NO7. The SMILES string of the molecule is C=CCOc1ccc(/C(O)=C2\C(=O)C(=O)N(Cc3ccco3)C2c2ccc(O)c(OCC)c2)cc1. The normalized spacial score (nSPS) is 16.9. The number of ether oxygens (including phenoxy) is 2. The van der Waals surface area contributed by atoms with Crippen molar-refractivity contribution in [1.82, 2.24) is 4.90 Å². The van der Waals surface area contributed by atoms with Crippen LogP contribution in [-0.2, 0) is 16.1 Å². The Morgan fingerprint density at radius 3 is 2.57 bits per heavy atom. The molecule has 1 amide bonds. The van der Waals surface area contributed by atoms with Crippen LogP contribution in [0.5, 0.6) is 17.2 Å². The molecule has 8 nitrogen and oxygen atoms in total. The van der Waals surface area contributed by atoms with Gasteiger partial charge >= 0.3 is 0 Å². The van der Waals surface area contributed by atoms with Crippen LogP contribution in [0.25, 0.3) is 5.76 Å². The molecule has 1 saturated heterocycles. The van der Waals surface area contributed by atoms with Gasteiger partial charge < -0.3 is 29.0 Å². The van der Waals surface area contributed by atoms with Gasteiger partial charge in [0.25, 0.3) is 11.7 Å². The summed E-state index contributed by atoms with van der Waals surface area (Å²) in [5.74, 6) is -0.745. The zero-order valence-electron chi connectivity index (χ0n) is 19.1. The molecule has 1 atom stereocenters. The van der Waals surface area contributed by atoms with E-state index in [4.69, 9.17) is 13.9 Å². The highest BCUT2D eigenvalue weighted by atomic mass is 16.5. The van der Waals surface area contributed by atoms with Crippen LogP contribution >= 0.6 is 0 Å². The number of amides is 1. The molecule has 8 heteroatoms. The van der Waals surface area contributed by atoms with Crippen molar-refractivity contribution in [3.8, 4) is 17.2 Å². The van der Waals surface area contributed by atoms with Crippen LogP contribution in [0.15, 0.2) is 83.5 Å². The first-order valence-corrected chi connectivity index (χ1v) is 11.0. The number of carbonyl (C=O) groups excluding carboxylic acids is 2. The Bertz CT molecular complexity index is 1260.